The zero-order chi connectivity index (χ0) is 17.3. The number of amides is 1. The van der Waals surface area contributed by atoms with E-state index in [2.05, 4.69) is 10.3 Å². The molecule has 3 aromatic rings. The molecule has 0 saturated carbocycles. The number of nitrogens with zero attached hydrogens (tertiary/aromatic N) is 1. The maximum atomic E-state index is 13.5. The fraction of sp³-hybridized carbons (Fsp3) is 0.200. The SMILES string of the molecule is Cc1ccc(F)cc1-c1ccc2cc(NC(=O)C(C)C)ncc2c1. The molecule has 0 radical (unpaired) electrons. The lowest BCUT2D eigenvalue weighted by molar-refractivity contribution is -0.118. The monoisotopic (exact) mass is 322 g/mol. The minimum Gasteiger partial charge on any atom is -0.310 e. The Hall–Kier alpha value is -2.75. The van der Waals surface area contributed by atoms with E-state index in [-0.39, 0.29) is 17.6 Å². The molecule has 0 aliphatic carbocycles. The summed E-state index contributed by atoms with van der Waals surface area (Å²) in [7, 11) is 0. The minimum atomic E-state index is -0.249. The van der Waals surface area contributed by atoms with Crippen LogP contribution in [0.4, 0.5) is 10.2 Å². The molecule has 3 nitrogen and oxygen atoms in total. The third-order valence-corrected chi connectivity index (χ3v) is 4.01. The quantitative estimate of drug-likeness (QED) is 0.742. The van der Waals surface area contributed by atoms with Crippen LogP contribution in [-0.4, -0.2) is 10.9 Å². The lowest BCUT2D eigenvalue weighted by atomic mass is 9.98. The van der Waals surface area contributed by atoms with Crippen molar-refractivity contribution in [2.24, 2.45) is 5.92 Å². The summed E-state index contributed by atoms with van der Waals surface area (Å²) in [6, 6.07) is 12.5. The summed E-state index contributed by atoms with van der Waals surface area (Å²) in [5.74, 6) is 0.131. The largest absolute Gasteiger partial charge is 0.310 e. The first-order valence-electron chi connectivity index (χ1n) is 7.91. The Morgan fingerprint density at radius 2 is 1.88 bits per heavy atom. The Labute approximate surface area is 140 Å². The average molecular weight is 322 g/mol. The average Bonchev–Trinajstić information content (AvgIpc) is 2.56. The first-order valence-corrected chi connectivity index (χ1v) is 7.91. The fourth-order valence-electron chi connectivity index (χ4n) is 2.55. The van der Waals surface area contributed by atoms with Gasteiger partial charge in [0, 0.05) is 17.5 Å². The van der Waals surface area contributed by atoms with E-state index in [1.54, 1.807) is 18.3 Å². The van der Waals surface area contributed by atoms with E-state index in [1.807, 2.05) is 45.0 Å². The van der Waals surface area contributed by atoms with Gasteiger partial charge in [-0.25, -0.2) is 9.37 Å². The van der Waals surface area contributed by atoms with Crippen molar-refractivity contribution in [1.82, 2.24) is 4.98 Å². The highest BCUT2D eigenvalue weighted by Gasteiger charge is 2.09. The molecule has 0 aliphatic heterocycles. The molecule has 3 rings (SSSR count). The Kier molecular flexibility index (Phi) is 4.30. The highest BCUT2D eigenvalue weighted by molar-refractivity contribution is 5.94. The van der Waals surface area contributed by atoms with Crippen molar-refractivity contribution in [1.29, 1.82) is 0 Å². The number of aryl methyl sites for hydroxylation is 1. The smallest absolute Gasteiger partial charge is 0.228 e. The second-order valence-corrected chi connectivity index (χ2v) is 6.23. The van der Waals surface area contributed by atoms with Crippen LogP contribution >= 0.6 is 0 Å². The number of carbonyl (C=O) groups excluding carboxylic acids is 1. The molecule has 1 N–H and O–H groups in total. The molecular weight excluding hydrogens is 303 g/mol. The van der Waals surface area contributed by atoms with Gasteiger partial charge in [-0.1, -0.05) is 32.0 Å². The van der Waals surface area contributed by atoms with Gasteiger partial charge in [-0.05, 0) is 53.3 Å². The number of aromatic nitrogens is 1. The number of carbonyl (C=O) groups is 1. The molecule has 2 aromatic carbocycles. The second kappa shape index (κ2) is 6.40. The summed E-state index contributed by atoms with van der Waals surface area (Å²) in [5, 5.41) is 4.71. The van der Waals surface area contributed by atoms with Gasteiger partial charge in [-0.3, -0.25) is 4.79 Å². The van der Waals surface area contributed by atoms with Crippen LogP contribution in [0.15, 0.2) is 48.7 Å². The minimum absolute atomic E-state index is 0.0612. The Bertz CT molecular complexity index is 919. The number of benzene rings is 2. The number of pyridine rings is 1. The van der Waals surface area contributed by atoms with Crippen LogP contribution in [0.2, 0.25) is 0 Å². The standard InChI is InChI=1S/C20H19FN2O/c1-12(2)20(24)23-19-9-14-5-6-15(8-16(14)11-22-19)18-10-17(21)7-4-13(18)3/h4-12H,1-3H3,(H,22,23,24). The Morgan fingerprint density at radius 3 is 2.62 bits per heavy atom. The molecule has 0 bridgehead atoms. The number of nitrogens with one attached hydrogen (secondary N) is 1. The molecule has 24 heavy (non-hydrogen) atoms. The van der Waals surface area contributed by atoms with Gasteiger partial charge in [0.15, 0.2) is 0 Å². The molecule has 0 atom stereocenters. The molecule has 0 saturated heterocycles. The van der Waals surface area contributed by atoms with Crippen LogP contribution < -0.4 is 5.32 Å². The number of halogens is 1. The van der Waals surface area contributed by atoms with Crippen molar-refractivity contribution in [2.45, 2.75) is 20.8 Å². The molecule has 1 heterocycles. The van der Waals surface area contributed by atoms with Crippen LogP contribution in [0.5, 0.6) is 0 Å². The van der Waals surface area contributed by atoms with Gasteiger partial charge in [-0.15, -0.1) is 0 Å². The first kappa shape index (κ1) is 16.1. The zero-order valence-electron chi connectivity index (χ0n) is 13.9. The number of anilines is 1. The molecule has 122 valence electrons. The van der Waals surface area contributed by atoms with Crippen molar-refractivity contribution >= 4 is 22.5 Å². The molecule has 1 amide bonds. The third-order valence-electron chi connectivity index (χ3n) is 4.01. The van der Waals surface area contributed by atoms with Crippen molar-refractivity contribution in [3.8, 4) is 11.1 Å². The lowest BCUT2D eigenvalue weighted by Crippen LogP contribution is -2.18. The van der Waals surface area contributed by atoms with E-state index in [0.29, 0.717) is 5.82 Å². The van der Waals surface area contributed by atoms with Gasteiger partial charge in [0.2, 0.25) is 5.91 Å². The van der Waals surface area contributed by atoms with Gasteiger partial charge in [0.1, 0.15) is 11.6 Å². The van der Waals surface area contributed by atoms with E-state index < -0.39 is 0 Å². The van der Waals surface area contributed by atoms with Gasteiger partial charge in [0.05, 0.1) is 0 Å². The van der Waals surface area contributed by atoms with Crippen LogP contribution in [0, 0.1) is 18.7 Å². The summed E-state index contributed by atoms with van der Waals surface area (Å²) in [6.07, 6.45) is 1.73. The van der Waals surface area contributed by atoms with Crippen molar-refractivity contribution in [3.63, 3.8) is 0 Å². The lowest BCUT2D eigenvalue weighted by Gasteiger charge is -2.10. The van der Waals surface area contributed by atoms with Crippen LogP contribution in [0.25, 0.3) is 21.9 Å². The summed E-state index contributed by atoms with van der Waals surface area (Å²) < 4.78 is 13.5. The topological polar surface area (TPSA) is 42.0 Å². The van der Waals surface area contributed by atoms with Gasteiger partial charge in [-0.2, -0.15) is 0 Å². The van der Waals surface area contributed by atoms with Crippen LogP contribution in [-0.2, 0) is 4.79 Å². The summed E-state index contributed by atoms with van der Waals surface area (Å²) >= 11 is 0. The normalized spacial score (nSPS) is 11.0. The second-order valence-electron chi connectivity index (χ2n) is 6.23. The molecule has 0 spiro atoms. The summed E-state index contributed by atoms with van der Waals surface area (Å²) in [5.41, 5.74) is 2.83. The molecule has 0 unspecified atom stereocenters. The van der Waals surface area contributed by atoms with E-state index >= 15 is 0 Å². The van der Waals surface area contributed by atoms with E-state index in [9.17, 15) is 9.18 Å². The number of hydrogen-bond donors (Lipinski definition) is 1. The Balaban J connectivity index is 1.98. The first-order chi connectivity index (χ1) is 11.4. The Morgan fingerprint density at radius 1 is 1.08 bits per heavy atom. The van der Waals surface area contributed by atoms with Gasteiger partial charge in [0.25, 0.3) is 0 Å². The maximum absolute atomic E-state index is 13.5. The molecular formula is C20H19FN2O. The molecule has 1 aromatic heterocycles. The summed E-state index contributed by atoms with van der Waals surface area (Å²) in [6.45, 7) is 5.63. The van der Waals surface area contributed by atoms with Crippen LogP contribution in [0.1, 0.15) is 19.4 Å². The number of fused-ring (bicyclic) bond motifs is 1. The van der Waals surface area contributed by atoms with Gasteiger partial charge >= 0.3 is 0 Å². The van der Waals surface area contributed by atoms with Crippen molar-refractivity contribution in [3.05, 3.63) is 60.0 Å². The van der Waals surface area contributed by atoms with E-state index in [1.165, 1.54) is 6.07 Å². The number of hydrogen-bond acceptors (Lipinski definition) is 2. The predicted octanol–water partition coefficient (Wildman–Crippen LogP) is 4.94. The van der Waals surface area contributed by atoms with Crippen LogP contribution in [0.3, 0.4) is 0 Å². The highest BCUT2D eigenvalue weighted by atomic mass is 19.1. The zero-order valence-corrected chi connectivity index (χ0v) is 13.9. The highest BCUT2D eigenvalue weighted by Crippen LogP contribution is 2.28. The number of rotatable bonds is 3. The predicted molar refractivity (Wildman–Crippen MR) is 95.3 cm³/mol. The fourth-order valence-corrected chi connectivity index (χ4v) is 2.55. The maximum Gasteiger partial charge on any atom is 0.228 e. The van der Waals surface area contributed by atoms with Crippen molar-refractivity contribution in [2.75, 3.05) is 5.32 Å². The molecule has 4 heteroatoms. The van der Waals surface area contributed by atoms with Crippen molar-refractivity contribution < 1.29 is 9.18 Å². The van der Waals surface area contributed by atoms with E-state index in [4.69, 9.17) is 0 Å². The molecule has 0 aliphatic rings. The third kappa shape index (κ3) is 3.27. The molecule has 0 fully saturated rings. The van der Waals surface area contributed by atoms with E-state index in [0.717, 1.165) is 27.5 Å². The summed E-state index contributed by atoms with van der Waals surface area (Å²) in [4.78, 5) is 16.1. The van der Waals surface area contributed by atoms with Gasteiger partial charge < -0.3 is 5.32 Å².